The smallest absolute Gasteiger partial charge is 0.209 e. The lowest BCUT2D eigenvalue weighted by atomic mass is 10.2. The van der Waals surface area contributed by atoms with Crippen LogP contribution in [0, 0.1) is 5.82 Å². The van der Waals surface area contributed by atoms with Gasteiger partial charge in [-0.05, 0) is 30.7 Å². The number of halogens is 2. The van der Waals surface area contributed by atoms with Gasteiger partial charge in [-0.15, -0.1) is 10.2 Å². The number of benzene rings is 2. The summed E-state index contributed by atoms with van der Waals surface area (Å²) in [5.41, 5.74) is 0.901. The topological polar surface area (TPSA) is 90.9 Å². The molecule has 0 aliphatic rings. The van der Waals surface area contributed by atoms with E-state index in [0.717, 1.165) is 0 Å². The molecule has 10 heteroatoms. The van der Waals surface area contributed by atoms with Gasteiger partial charge in [-0.25, -0.2) is 17.9 Å². The van der Waals surface area contributed by atoms with Crippen LogP contribution in [0.2, 0.25) is 5.02 Å². The van der Waals surface area contributed by atoms with Crippen molar-refractivity contribution in [2.75, 3.05) is 11.5 Å². The molecule has 2 aromatic carbocycles. The SMILES string of the molecule is NS(=O)(=O)CCCSc1nnc(-c2ccccc2Cl)n1-c1ccccc1F. The average Bonchev–Trinajstić information content (AvgIpc) is 3.02. The summed E-state index contributed by atoms with van der Waals surface area (Å²) in [4.78, 5) is 0. The highest BCUT2D eigenvalue weighted by molar-refractivity contribution is 7.99. The summed E-state index contributed by atoms with van der Waals surface area (Å²) in [5.74, 6) is 0.271. The monoisotopic (exact) mass is 426 g/mol. The molecule has 0 atom stereocenters. The van der Waals surface area contributed by atoms with Crippen molar-refractivity contribution in [3.8, 4) is 17.1 Å². The summed E-state index contributed by atoms with van der Waals surface area (Å²) in [5, 5.41) is 14.3. The van der Waals surface area contributed by atoms with Crippen molar-refractivity contribution in [2.45, 2.75) is 11.6 Å². The lowest BCUT2D eigenvalue weighted by molar-refractivity contribution is 0.596. The Morgan fingerprint density at radius 3 is 2.52 bits per heavy atom. The molecule has 0 unspecified atom stereocenters. The molecule has 1 aromatic heterocycles. The van der Waals surface area contributed by atoms with Gasteiger partial charge in [-0.3, -0.25) is 4.57 Å². The zero-order valence-electron chi connectivity index (χ0n) is 14.0. The minimum absolute atomic E-state index is 0.134. The third-order valence-corrected chi connectivity index (χ3v) is 5.85. The van der Waals surface area contributed by atoms with E-state index in [0.29, 0.717) is 33.7 Å². The van der Waals surface area contributed by atoms with Crippen molar-refractivity contribution in [1.82, 2.24) is 14.8 Å². The van der Waals surface area contributed by atoms with Gasteiger partial charge in [0.2, 0.25) is 10.0 Å². The van der Waals surface area contributed by atoms with Crippen LogP contribution in [0.5, 0.6) is 0 Å². The van der Waals surface area contributed by atoms with Crippen molar-refractivity contribution >= 4 is 33.4 Å². The first-order valence-corrected chi connectivity index (χ1v) is 11.0. The number of hydrogen-bond acceptors (Lipinski definition) is 5. The molecular weight excluding hydrogens is 411 g/mol. The van der Waals surface area contributed by atoms with E-state index in [1.165, 1.54) is 17.8 Å². The van der Waals surface area contributed by atoms with E-state index in [1.54, 1.807) is 47.0 Å². The molecule has 0 saturated carbocycles. The van der Waals surface area contributed by atoms with Gasteiger partial charge in [-0.2, -0.15) is 0 Å². The fourth-order valence-electron chi connectivity index (χ4n) is 2.45. The fraction of sp³-hybridized carbons (Fsp3) is 0.176. The number of rotatable bonds is 7. The second-order valence-electron chi connectivity index (χ2n) is 5.64. The van der Waals surface area contributed by atoms with E-state index in [-0.39, 0.29) is 11.4 Å². The number of sulfonamides is 1. The van der Waals surface area contributed by atoms with Crippen molar-refractivity contribution < 1.29 is 12.8 Å². The highest BCUT2D eigenvalue weighted by Crippen LogP contribution is 2.32. The molecule has 0 spiro atoms. The summed E-state index contributed by atoms with van der Waals surface area (Å²) >= 11 is 7.55. The first kappa shape index (κ1) is 19.8. The van der Waals surface area contributed by atoms with Crippen LogP contribution < -0.4 is 5.14 Å². The predicted molar refractivity (Wildman–Crippen MR) is 105 cm³/mol. The van der Waals surface area contributed by atoms with E-state index < -0.39 is 15.8 Å². The normalized spacial score (nSPS) is 11.7. The van der Waals surface area contributed by atoms with Crippen LogP contribution in [0.25, 0.3) is 17.1 Å². The Hall–Kier alpha value is -1.94. The summed E-state index contributed by atoms with van der Waals surface area (Å²) in [7, 11) is -3.52. The van der Waals surface area contributed by atoms with Gasteiger partial charge in [0, 0.05) is 11.3 Å². The van der Waals surface area contributed by atoms with Crippen LogP contribution >= 0.6 is 23.4 Å². The molecule has 0 aliphatic carbocycles. The standard InChI is InChI=1S/C17H16ClFN4O2S2/c18-13-7-2-1-6-12(13)16-21-22-17(26-10-5-11-27(20,24)25)23(16)15-9-4-3-8-14(15)19/h1-4,6-9H,5,10-11H2,(H2,20,24,25). The predicted octanol–water partition coefficient (Wildman–Crippen LogP) is 3.50. The molecule has 2 N–H and O–H groups in total. The first-order chi connectivity index (χ1) is 12.9. The van der Waals surface area contributed by atoms with Crippen molar-refractivity contribution in [1.29, 1.82) is 0 Å². The minimum Gasteiger partial charge on any atom is -0.267 e. The highest BCUT2D eigenvalue weighted by atomic mass is 35.5. The maximum absolute atomic E-state index is 14.5. The molecule has 0 radical (unpaired) electrons. The maximum atomic E-state index is 14.5. The lowest BCUT2D eigenvalue weighted by Gasteiger charge is -2.12. The van der Waals surface area contributed by atoms with Gasteiger partial charge in [0.25, 0.3) is 0 Å². The van der Waals surface area contributed by atoms with E-state index in [2.05, 4.69) is 10.2 Å². The van der Waals surface area contributed by atoms with Crippen LogP contribution in [0.15, 0.2) is 53.7 Å². The molecule has 27 heavy (non-hydrogen) atoms. The Morgan fingerprint density at radius 2 is 1.81 bits per heavy atom. The minimum atomic E-state index is -3.52. The van der Waals surface area contributed by atoms with Crippen LogP contribution in [-0.2, 0) is 10.0 Å². The Balaban J connectivity index is 2.00. The largest absolute Gasteiger partial charge is 0.267 e. The number of para-hydroxylation sites is 1. The molecule has 0 aliphatic heterocycles. The Labute approximate surface area is 165 Å². The molecule has 6 nitrogen and oxygen atoms in total. The molecule has 0 saturated heterocycles. The van der Waals surface area contributed by atoms with Gasteiger partial charge in [0.15, 0.2) is 11.0 Å². The van der Waals surface area contributed by atoms with E-state index >= 15 is 0 Å². The molecule has 142 valence electrons. The van der Waals surface area contributed by atoms with E-state index in [4.69, 9.17) is 16.7 Å². The third kappa shape index (κ3) is 4.86. The number of nitrogens with two attached hydrogens (primary N) is 1. The number of primary sulfonamides is 1. The Bertz CT molecular complexity index is 1060. The van der Waals surface area contributed by atoms with E-state index in [9.17, 15) is 12.8 Å². The zero-order chi connectivity index (χ0) is 19.4. The van der Waals surface area contributed by atoms with Crippen LogP contribution in [0.3, 0.4) is 0 Å². The van der Waals surface area contributed by atoms with Gasteiger partial charge in [0.05, 0.1) is 16.5 Å². The van der Waals surface area contributed by atoms with Crippen molar-refractivity contribution in [3.05, 3.63) is 59.4 Å². The number of hydrogen-bond donors (Lipinski definition) is 1. The summed E-state index contributed by atoms with van der Waals surface area (Å²) in [6, 6.07) is 13.4. The second-order valence-corrected chi connectivity index (χ2v) is 8.85. The van der Waals surface area contributed by atoms with Crippen molar-refractivity contribution in [2.24, 2.45) is 5.14 Å². The first-order valence-electron chi connectivity index (χ1n) is 7.95. The van der Waals surface area contributed by atoms with Gasteiger partial charge < -0.3 is 0 Å². The van der Waals surface area contributed by atoms with Gasteiger partial charge in [-0.1, -0.05) is 47.6 Å². The second kappa shape index (κ2) is 8.39. The molecule has 0 fully saturated rings. The average molecular weight is 427 g/mol. The summed E-state index contributed by atoms with van der Waals surface area (Å²) < 4.78 is 38.2. The zero-order valence-corrected chi connectivity index (χ0v) is 16.4. The Kier molecular flexibility index (Phi) is 6.15. The Morgan fingerprint density at radius 1 is 1.11 bits per heavy atom. The quantitative estimate of drug-likeness (QED) is 0.461. The lowest BCUT2D eigenvalue weighted by Crippen LogP contribution is -2.16. The summed E-state index contributed by atoms with van der Waals surface area (Å²) in [6.07, 6.45) is 0.342. The summed E-state index contributed by atoms with van der Waals surface area (Å²) in [6.45, 7) is 0. The molecule has 3 rings (SSSR count). The number of thioether (sulfide) groups is 1. The molecular formula is C17H16ClFN4O2S2. The van der Waals surface area contributed by atoms with Gasteiger partial charge >= 0.3 is 0 Å². The van der Waals surface area contributed by atoms with Crippen LogP contribution in [-0.4, -0.2) is 34.7 Å². The fourth-order valence-corrected chi connectivity index (χ4v) is 4.29. The number of aromatic nitrogens is 3. The maximum Gasteiger partial charge on any atom is 0.209 e. The van der Waals surface area contributed by atoms with Crippen LogP contribution in [0.1, 0.15) is 6.42 Å². The van der Waals surface area contributed by atoms with Gasteiger partial charge in [0.1, 0.15) is 5.82 Å². The van der Waals surface area contributed by atoms with Crippen LogP contribution in [0.4, 0.5) is 4.39 Å². The third-order valence-electron chi connectivity index (χ3n) is 3.65. The molecule has 0 bridgehead atoms. The molecule has 3 aromatic rings. The highest BCUT2D eigenvalue weighted by Gasteiger charge is 2.20. The van der Waals surface area contributed by atoms with E-state index in [1.807, 2.05) is 0 Å². The molecule has 0 amide bonds. The molecule has 1 heterocycles. The number of nitrogens with zero attached hydrogens (tertiary/aromatic N) is 3. The van der Waals surface area contributed by atoms with Crippen molar-refractivity contribution in [3.63, 3.8) is 0 Å².